The Balaban J connectivity index is 1.79. The Morgan fingerprint density at radius 3 is 1.88 bits per heavy atom. The van der Waals surface area contributed by atoms with Gasteiger partial charge in [0, 0.05) is 6.20 Å². The molecule has 2 aromatic carbocycles. The molecule has 0 atom stereocenters. The Hall–Kier alpha value is -3.27. The Morgan fingerprint density at radius 2 is 1.29 bits per heavy atom. The van der Waals surface area contributed by atoms with Gasteiger partial charge in [0.1, 0.15) is 11.5 Å². The zero-order chi connectivity index (χ0) is 16.2. The molecule has 2 aromatic heterocycles. The third kappa shape index (κ3) is 2.82. The summed E-state index contributed by atoms with van der Waals surface area (Å²) >= 11 is 0. The molecule has 4 nitrogen and oxygen atoms in total. The Kier molecular flexibility index (Phi) is 3.86. The highest BCUT2D eigenvalue weighted by atomic mass is 15.2. The van der Waals surface area contributed by atoms with Gasteiger partial charge in [-0.15, -0.1) is 10.2 Å². The molecule has 0 fully saturated rings. The minimum atomic E-state index is 0.0114. The van der Waals surface area contributed by atoms with Crippen molar-refractivity contribution in [1.29, 1.82) is 0 Å². The Morgan fingerprint density at radius 1 is 0.667 bits per heavy atom. The highest BCUT2D eigenvalue weighted by molar-refractivity contribution is 5.49. The molecule has 0 saturated carbocycles. The van der Waals surface area contributed by atoms with Crippen LogP contribution >= 0.6 is 0 Å². The lowest BCUT2D eigenvalue weighted by Crippen LogP contribution is -2.05. The van der Waals surface area contributed by atoms with Crippen LogP contribution in [-0.2, 0) is 0 Å². The molecule has 24 heavy (non-hydrogen) atoms. The third-order valence-corrected chi connectivity index (χ3v) is 3.95. The van der Waals surface area contributed by atoms with Crippen LogP contribution in [0.5, 0.6) is 0 Å². The first kappa shape index (κ1) is 14.3. The number of hydrogen-bond donors (Lipinski definition) is 1. The first-order valence-corrected chi connectivity index (χ1v) is 7.86. The molecule has 116 valence electrons. The van der Waals surface area contributed by atoms with Crippen molar-refractivity contribution in [3.63, 3.8) is 0 Å². The van der Waals surface area contributed by atoms with Gasteiger partial charge >= 0.3 is 0 Å². The average molecular weight is 312 g/mol. The lowest BCUT2D eigenvalue weighted by atomic mass is 9.91. The van der Waals surface area contributed by atoms with E-state index in [1.165, 1.54) is 11.1 Å². The topological polar surface area (TPSA) is 54.5 Å². The maximum Gasteiger partial charge on any atom is 0.180 e. The van der Waals surface area contributed by atoms with Crippen molar-refractivity contribution in [2.45, 2.75) is 5.92 Å². The largest absolute Gasteiger partial charge is 0.323 e. The number of nitrogens with zero attached hydrogens (tertiary/aromatic N) is 3. The summed E-state index contributed by atoms with van der Waals surface area (Å²) in [6, 6.07) is 26.4. The second kappa shape index (κ2) is 6.46. The molecule has 0 bridgehead atoms. The summed E-state index contributed by atoms with van der Waals surface area (Å²) in [6.45, 7) is 0. The van der Waals surface area contributed by atoms with E-state index in [0.717, 1.165) is 11.5 Å². The first-order chi connectivity index (χ1) is 11.9. The van der Waals surface area contributed by atoms with Gasteiger partial charge in [0.05, 0.1) is 5.92 Å². The van der Waals surface area contributed by atoms with E-state index in [1.54, 1.807) is 6.20 Å². The van der Waals surface area contributed by atoms with Crippen LogP contribution in [0.25, 0.3) is 11.5 Å². The van der Waals surface area contributed by atoms with Gasteiger partial charge in [0.25, 0.3) is 0 Å². The summed E-state index contributed by atoms with van der Waals surface area (Å²) in [7, 11) is 0. The molecule has 2 heterocycles. The molecule has 4 heteroatoms. The molecule has 0 amide bonds. The minimum Gasteiger partial charge on any atom is -0.323 e. The zero-order valence-electron chi connectivity index (χ0n) is 13.0. The molecule has 4 rings (SSSR count). The van der Waals surface area contributed by atoms with E-state index in [2.05, 4.69) is 44.4 Å². The van der Waals surface area contributed by atoms with E-state index < -0.39 is 0 Å². The SMILES string of the molecule is c1ccc(C(c2ccccc2)c2nnc(-c3ccccn3)[nH]2)cc1. The van der Waals surface area contributed by atoms with Gasteiger partial charge in [-0.1, -0.05) is 66.7 Å². The van der Waals surface area contributed by atoms with Gasteiger partial charge in [-0.05, 0) is 23.3 Å². The number of hydrogen-bond acceptors (Lipinski definition) is 3. The van der Waals surface area contributed by atoms with Gasteiger partial charge in [-0.25, -0.2) is 0 Å². The van der Waals surface area contributed by atoms with Crippen molar-refractivity contribution in [2.24, 2.45) is 0 Å². The van der Waals surface area contributed by atoms with Crippen molar-refractivity contribution in [2.75, 3.05) is 0 Å². The Bertz CT molecular complexity index is 863. The molecular formula is C20H16N4. The first-order valence-electron chi connectivity index (χ1n) is 7.86. The number of aromatic nitrogens is 4. The van der Waals surface area contributed by atoms with Crippen molar-refractivity contribution in [3.8, 4) is 11.5 Å². The fourth-order valence-electron chi connectivity index (χ4n) is 2.82. The summed E-state index contributed by atoms with van der Waals surface area (Å²) in [5.41, 5.74) is 3.14. The summed E-state index contributed by atoms with van der Waals surface area (Å²) < 4.78 is 0. The molecule has 0 aliphatic rings. The maximum absolute atomic E-state index is 4.40. The van der Waals surface area contributed by atoms with Crippen LogP contribution in [0.1, 0.15) is 22.9 Å². The van der Waals surface area contributed by atoms with E-state index in [-0.39, 0.29) is 5.92 Å². The average Bonchev–Trinajstić information content (AvgIpc) is 3.14. The molecule has 0 spiro atoms. The molecule has 1 N–H and O–H groups in total. The van der Waals surface area contributed by atoms with Gasteiger partial charge in [0.2, 0.25) is 0 Å². The van der Waals surface area contributed by atoms with E-state index in [4.69, 9.17) is 0 Å². The molecule has 4 aromatic rings. The van der Waals surface area contributed by atoms with E-state index in [0.29, 0.717) is 5.82 Å². The van der Waals surface area contributed by atoms with Crippen molar-refractivity contribution in [1.82, 2.24) is 20.2 Å². The molecular weight excluding hydrogens is 296 g/mol. The van der Waals surface area contributed by atoms with Crippen LogP contribution in [-0.4, -0.2) is 20.2 Å². The van der Waals surface area contributed by atoms with Crippen LogP contribution in [0.3, 0.4) is 0 Å². The van der Waals surface area contributed by atoms with E-state index in [1.807, 2.05) is 54.6 Å². The summed E-state index contributed by atoms with van der Waals surface area (Å²) in [4.78, 5) is 7.68. The van der Waals surface area contributed by atoms with Gasteiger partial charge in [-0.2, -0.15) is 0 Å². The monoisotopic (exact) mass is 312 g/mol. The number of pyridine rings is 1. The lowest BCUT2D eigenvalue weighted by Gasteiger charge is -2.15. The summed E-state index contributed by atoms with van der Waals surface area (Å²) in [6.07, 6.45) is 1.75. The number of aromatic amines is 1. The predicted molar refractivity (Wildman–Crippen MR) is 93.4 cm³/mol. The molecule has 0 unspecified atom stereocenters. The normalized spacial score (nSPS) is 10.9. The second-order valence-electron chi connectivity index (χ2n) is 5.53. The van der Waals surface area contributed by atoms with Crippen molar-refractivity contribution in [3.05, 3.63) is 102 Å². The fourth-order valence-corrected chi connectivity index (χ4v) is 2.82. The van der Waals surface area contributed by atoms with E-state index >= 15 is 0 Å². The molecule has 0 aliphatic heterocycles. The predicted octanol–water partition coefficient (Wildman–Crippen LogP) is 4.05. The van der Waals surface area contributed by atoms with Crippen LogP contribution in [0.2, 0.25) is 0 Å². The number of nitrogens with one attached hydrogen (secondary N) is 1. The van der Waals surface area contributed by atoms with Gasteiger partial charge in [0.15, 0.2) is 5.82 Å². The summed E-state index contributed by atoms with van der Waals surface area (Å²) in [5, 5.41) is 8.69. The van der Waals surface area contributed by atoms with Gasteiger partial charge in [-0.3, -0.25) is 4.98 Å². The third-order valence-electron chi connectivity index (χ3n) is 3.95. The second-order valence-corrected chi connectivity index (χ2v) is 5.53. The van der Waals surface area contributed by atoms with Crippen molar-refractivity contribution < 1.29 is 0 Å². The number of rotatable bonds is 4. The number of benzene rings is 2. The van der Waals surface area contributed by atoms with E-state index in [9.17, 15) is 0 Å². The van der Waals surface area contributed by atoms with Crippen molar-refractivity contribution >= 4 is 0 Å². The molecule has 0 aliphatic carbocycles. The smallest absolute Gasteiger partial charge is 0.180 e. The number of H-pyrrole nitrogens is 1. The highest BCUT2D eigenvalue weighted by Gasteiger charge is 2.21. The zero-order valence-corrected chi connectivity index (χ0v) is 13.0. The molecule has 0 radical (unpaired) electrons. The van der Waals surface area contributed by atoms with Gasteiger partial charge < -0.3 is 4.98 Å². The van der Waals surface area contributed by atoms with Crippen LogP contribution in [0, 0.1) is 0 Å². The highest BCUT2D eigenvalue weighted by Crippen LogP contribution is 2.30. The van der Waals surface area contributed by atoms with Crippen LogP contribution < -0.4 is 0 Å². The minimum absolute atomic E-state index is 0.0114. The maximum atomic E-state index is 4.40. The Labute approximate surface area is 140 Å². The van der Waals surface area contributed by atoms with Crippen LogP contribution in [0.15, 0.2) is 85.1 Å². The van der Waals surface area contributed by atoms with Crippen LogP contribution in [0.4, 0.5) is 0 Å². The quantitative estimate of drug-likeness (QED) is 0.618. The lowest BCUT2D eigenvalue weighted by molar-refractivity contribution is 0.862. The standard InChI is InChI=1S/C20H16N4/c1-3-9-15(10-4-1)18(16-11-5-2-6-12-16)20-22-19(23-24-20)17-13-7-8-14-21-17/h1-14,18H,(H,22,23,24). The fraction of sp³-hybridized carbons (Fsp3) is 0.0500. The molecule has 0 saturated heterocycles. The summed E-state index contributed by atoms with van der Waals surface area (Å²) in [5.74, 6) is 1.51.